The monoisotopic (exact) mass is 473 g/mol. The molecule has 1 atom stereocenters. The molecule has 160 valence electrons. The first-order valence-corrected chi connectivity index (χ1v) is 12.0. The molecule has 3 aromatic carbocycles. The van der Waals surface area contributed by atoms with E-state index in [0.717, 1.165) is 11.1 Å². The lowest BCUT2D eigenvalue weighted by Crippen LogP contribution is -1.98. The van der Waals surface area contributed by atoms with Crippen LogP contribution in [0.25, 0.3) is 10.1 Å². The van der Waals surface area contributed by atoms with Gasteiger partial charge in [0, 0.05) is 17.7 Å². The van der Waals surface area contributed by atoms with Crippen molar-refractivity contribution in [2.24, 2.45) is 0 Å². The van der Waals surface area contributed by atoms with Gasteiger partial charge in [-0.1, -0.05) is 83.9 Å². The van der Waals surface area contributed by atoms with Crippen LogP contribution in [0.15, 0.2) is 90.5 Å². The van der Waals surface area contributed by atoms with Crippen LogP contribution in [-0.4, -0.2) is 14.2 Å². The fourth-order valence-electron chi connectivity index (χ4n) is 2.87. The molecular weight excluding hydrogens is 452 g/mol. The summed E-state index contributed by atoms with van der Waals surface area (Å²) in [5.74, 6) is 4.09. The summed E-state index contributed by atoms with van der Waals surface area (Å²) in [4.78, 5) is 0. The van der Waals surface area contributed by atoms with Crippen molar-refractivity contribution in [1.82, 2.24) is 0 Å². The summed E-state index contributed by atoms with van der Waals surface area (Å²) in [5, 5.41) is 3.76. The maximum atomic E-state index is 14.1. The van der Waals surface area contributed by atoms with Gasteiger partial charge in [-0.2, -0.15) is 0 Å². The van der Waals surface area contributed by atoms with E-state index < -0.39 is 7.29 Å². The first kappa shape index (κ1) is 23.0. The molecule has 0 saturated heterocycles. The van der Waals surface area contributed by atoms with E-state index in [1.54, 1.807) is 25.3 Å². The Morgan fingerprint density at radius 1 is 0.806 bits per heavy atom. The average Bonchev–Trinajstić information content (AvgIpc) is 2.79. The van der Waals surface area contributed by atoms with E-state index in [2.05, 4.69) is 5.09 Å². The lowest BCUT2D eigenvalue weighted by atomic mass is 10.2. The Labute approximate surface area is 192 Å². The third-order valence-electron chi connectivity index (χ3n) is 4.41. The molecule has 0 aliphatic heterocycles. The lowest BCUT2D eigenvalue weighted by molar-refractivity contribution is 0.405. The standard InChI is InChI=1S/C24H22Cl2NO3P/c1-29-20-13-14-24(30-2)23(15-20)27-31(28,16-21(25)18-9-5-3-6-10-18)17-22(26)19-11-7-4-8-12-19/h3-17H,1-2H3,(H,27,28)/b21-16+,22-17?. The molecule has 0 aliphatic rings. The van der Waals surface area contributed by atoms with E-state index in [1.807, 2.05) is 60.7 Å². The third kappa shape index (κ3) is 6.18. The molecule has 0 radical (unpaired) electrons. The second-order valence-corrected chi connectivity index (χ2v) is 9.55. The summed E-state index contributed by atoms with van der Waals surface area (Å²) in [6.45, 7) is 0. The van der Waals surface area contributed by atoms with Crippen LogP contribution < -0.4 is 14.6 Å². The topological polar surface area (TPSA) is 47.6 Å². The largest absolute Gasteiger partial charge is 0.497 e. The van der Waals surface area contributed by atoms with Gasteiger partial charge in [0.2, 0.25) is 7.29 Å². The number of nitrogens with one attached hydrogen (secondary N) is 1. The van der Waals surface area contributed by atoms with Gasteiger partial charge in [0.05, 0.1) is 30.0 Å². The highest BCUT2D eigenvalue weighted by Crippen LogP contribution is 2.55. The Hall–Kier alpha value is -2.65. The first-order chi connectivity index (χ1) is 14.9. The number of hydrogen-bond donors (Lipinski definition) is 1. The molecule has 4 nitrogen and oxygen atoms in total. The summed E-state index contributed by atoms with van der Waals surface area (Å²) in [5.41, 5.74) is 1.98. The van der Waals surface area contributed by atoms with Crippen molar-refractivity contribution >= 4 is 46.2 Å². The number of methoxy groups -OCH3 is 2. The van der Waals surface area contributed by atoms with Crippen LogP contribution in [0.5, 0.6) is 11.5 Å². The van der Waals surface area contributed by atoms with Crippen LogP contribution in [0.2, 0.25) is 0 Å². The lowest BCUT2D eigenvalue weighted by Gasteiger charge is -2.18. The SMILES string of the molecule is COc1ccc(OC)c(NP(=O)(C=C(Cl)c2ccccc2)/C=C(/Cl)c2ccccc2)c1. The predicted octanol–water partition coefficient (Wildman–Crippen LogP) is 7.87. The van der Waals surface area contributed by atoms with Crippen LogP contribution in [-0.2, 0) is 4.57 Å². The minimum atomic E-state index is -3.43. The van der Waals surface area contributed by atoms with Gasteiger partial charge in [-0.05, 0) is 23.3 Å². The molecule has 0 bridgehead atoms. The van der Waals surface area contributed by atoms with Gasteiger partial charge in [0.25, 0.3) is 0 Å². The summed E-state index contributed by atoms with van der Waals surface area (Å²) in [7, 11) is -0.330. The van der Waals surface area contributed by atoms with Crippen molar-refractivity contribution < 1.29 is 14.0 Å². The summed E-state index contributed by atoms with van der Waals surface area (Å²) in [6, 6.07) is 23.8. The van der Waals surface area contributed by atoms with E-state index in [-0.39, 0.29) is 0 Å². The third-order valence-corrected chi connectivity index (χ3v) is 7.24. The average molecular weight is 474 g/mol. The van der Waals surface area contributed by atoms with Gasteiger partial charge in [-0.25, -0.2) is 0 Å². The zero-order chi connectivity index (χ0) is 22.3. The summed E-state index contributed by atoms with van der Waals surface area (Å²) in [6.07, 6.45) is 0. The second-order valence-electron chi connectivity index (χ2n) is 6.57. The molecule has 3 aromatic rings. The van der Waals surface area contributed by atoms with Crippen LogP contribution in [0, 0.1) is 0 Å². The molecule has 7 heteroatoms. The first-order valence-electron chi connectivity index (χ1n) is 9.41. The van der Waals surface area contributed by atoms with Crippen molar-refractivity contribution in [2.75, 3.05) is 19.3 Å². The molecular formula is C24H22Cl2NO3P. The van der Waals surface area contributed by atoms with Crippen molar-refractivity contribution in [2.45, 2.75) is 0 Å². The Kier molecular flexibility index (Phi) is 7.86. The van der Waals surface area contributed by atoms with Gasteiger partial charge in [0.1, 0.15) is 11.5 Å². The van der Waals surface area contributed by atoms with Crippen molar-refractivity contribution in [3.8, 4) is 11.5 Å². The molecule has 0 fully saturated rings. The van der Waals surface area contributed by atoms with Crippen molar-refractivity contribution in [3.05, 3.63) is 102 Å². The second kappa shape index (κ2) is 10.6. The number of rotatable bonds is 8. The highest BCUT2D eigenvalue weighted by molar-refractivity contribution is 7.72. The van der Waals surface area contributed by atoms with Crippen LogP contribution >= 0.6 is 30.5 Å². The maximum Gasteiger partial charge on any atom is 0.216 e. The summed E-state index contributed by atoms with van der Waals surface area (Å²) >= 11 is 13.1. The highest BCUT2D eigenvalue weighted by Gasteiger charge is 2.22. The van der Waals surface area contributed by atoms with Gasteiger partial charge >= 0.3 is 0 Å². The number of halogens is 2. The fraction of sp³-hybridized carbons (Fsp3) is 0.0833. The zero-order valence-electron chi connectivity index (χ0n) is 17.1. The van der Waals surface area contributed by atoms with E-state index in [4.69, 9.17) is 32.7 Å². The van der Waals surface area contributed by atoms with Gasteiger partial charge in [-0.15, -0.1) is 0 Å². The predicted molar refractivity (Wildman–Crippen MR) is 131 cm³/mol. The van der Waals surface area contributed by atoms with Crippen LogP contribution in [0.1, 0.15) is 11.1 Å². The maximum absolute atomic E-state index is 14.1. The minimum absolute atomic E-state index is 0.340. The molecule has 1 N–H and O–H groups in total. The molecule has 0 heterocycles. The normalized spacial score (nSPS) is 13.9. The summed E-state index contributed by atoms with van der Waals surface area (Å²) < 4.78 is 24.8. The number of hydrogen-bond acceptors (Lipinski definition) is 3. The van der Waals surface area contributed by atoms with Gasteiger partial charge in [0.15, 0.2) is 0 Å². The molecule has 0 saturated carbocycles. The molecule has 31 heavy (non-hydrogen) atoms. The molecule has 1 unspecified atom stereocenters. The van der Waals surface area contributed by atoms with Crippen LogP contribution in [0.3, 0.4) is 0 Å². The number of anilines is 1. The molecule has 0 aliphatic carbocycles. The Balaban J connectivity index is 2.10. The van der Waals surface area contributed by atoms with Crippen LogP contribution in [0.4, 0.5) is 5.69 Å². The smallest absolute Gasteiger partial charge is 0.216 e. The molecule has 3 rings (SSSR count). The van der Waals surface area contributed by atoms with Gasteiger partial charge in [-0.3, -0.25) is 4.57 Å². The quantitative estimate of drug-likeness (QED) is 0.338. The van der Waals surface area contributed by atoms with Gasteiger partial charge < -0.3 is 14.6 Å². The molecule has 0 aromatic heterocycles. The van der Waals surface area contributed by atoms with E-state index in [1.165, 1.54) is 18.7 Å². The van der Waals surface area contributed by atoms with Crippen molar-refractivity contribution in [1.29, 1.82) is 0 Å². The minimum Gasteiger partial charge on any atom is -0.497 e. The number of benzene rings is 3. The van der Waals surface area contributed by atoms with E-state index in [9.17, 15) is 4.57 Å². The number of ether oxygens (including phenoxy) is 2. The Morgan fingerprint density at radius 3 is 1.77 bits per heavy atom. The van der Waals surface area contributed by atoms with Crippen molar-refractivity contribution in [3.63, 3.8) is 0 Å². The fourth-order valence-corrected chi connectivity index (χ4v) is 5.72. The Morgan fingerprint density at radius 2 is 1.32 bits per heavy atom. The van der Waals surface area contributed by atoms with E-state index >= 15 is 0 Å². The zero-order valence-corrected chi connectivity index (χ0v) is 19.5. The highest BCUT2D eigenvalue weighted by atomic mass is 35.5. The van der Waals surface area contributed by atoms with E-state index in [0.29, 0.717) is 27.3 Å². The molecule has 0 spiro atoms. The Bertz CT molecular complexity index is 1070. The molecule has 0 amide bonds.